The number of hydrogen-bond donors (Lipinski definition) is 1. The van der Waals surface area contributed by atoms with E-state index in [0.717, 1.165) is 25.9 Å². The van der Waals surface area contributed by atoms with Crippen molar-refractivity contribution in [3.63, 3.8) is 0 Å². The van der Waals surface area contributed by atoms with E-state index in [-0.39, 0.29) is 31.1 Å². The predicted octanol–water partition coefficient (Wildman–Crippen LogP) is -2.71. The third-order valence-electron chi connectivity index (χ3n) is 3.10. The fraction of sp³-hybridized carbons (Fsp3) is 0.500. The molecule has 1 N–H and O–H groups in total. The number of piperidine rings is 1. The summed E-state index contributed by atoms with van der Waals surface area (Å²) in [6.45, 7) is 2.05. The zero-order valence-electron chi connectivity index (χ0n) is 11.1. The highest BCUT2D eigenvalue weighted by Gasteiger charge is 2.23. The Morgan fingerprint density at radius 3 is 2.79 bits per heavy atom. The summed E-state index contributed by atoms with van der Waals surface area (Å²) in [6, 6.07) is 9.31. The molecule has 2 rings (SSSR count). The second kappa shape index (κ2) is 8.02. The van der Waals surface area contributed by atoms with Crippen LogP contribution in [-0.4, -0.2) is 38.8 Å². The summed E-state index contributed by atoms with van der Waals surface area (Å²) in [6.07, 6.45) is 2.13. The molecule has 106 valence electrons. The maximum absolute atomic E-state index is 11.6. The van der Waals surface area contributed by atoms with Crippen molar-refractivity contribution in [3.8, 4) is 5.75 Å². The summed E-state index contributed by atoms with van der Waals surface area (Å²) in [5.74, 6) is 0.416. The maximum atomic E-state index is 11.6. The summed E-state index contributed by atoms with van der Waals surface area (Å²) in [5, 5.41) is 0. The van der Waals surface area contributed by atoms with Crippen molar-refractivity contribution in [2.75, 3.05) is 26.7 Å². The lowest BCUT2D eigenvalue weighted by Crippen LogP contribution is -3.11. The van der Waals surface area contributed by atoms with Gasteiger partial charge in [-0.05, 0) is 18.6 Å². The third kappa shape index (κ3) is 5.49. The van der Waals surface area contributed by atoms with Crippen LogP contribution >= 0.6 is 0 Å². The molecule has 0 radical (unpaired) electrons. The molecule has 0 amide bonds. The number of hydrogen-bond acceptors (Lipinski definition) is 3. The highest BCUT2D eigenvalue weighted by Crippen LogP contribution is 2.09. The minimum Gasteiger partial charge on any atom is -1.00 e. The molecule has 1 saturated heterocycles. The molecule has 5 heteroatoms. The van der Waals surface area contributed by atoms with Crippen LogP contribution in [0.1, 0.15) is 12.8 Å². The molecular weight excluding hydrogens is 266 g/mol. The van der Waals surface area contributed by atoms with Crippen LogP contribution in [0, 0.1) is 0 Å². The fourth-order valence-corrected chi connectivity index (χ4v) is 2.20. The van der Waals surface area contributed by atoms with Gasteiger partial charge in [0.25, 0.3) is 0 Å². The van der Waals surface area contributed by atoms with Crippen LogP contribution in [0.15, 0.2) is 30.3 Å². The number of likely N-dealkylation sites (tertiary alicyclic amines) is 1. The van der Waals surface area contributed by atoms with Crippen LogP contribution in [0.3, 0.4) is 0 Å². The monoisotopic (exact) mass is 285 g/mol. The normalized spacial score (nSPS) is 22.2. The van der Waals surface area contributed by atoms with Crippen LogP contribution in [0.25, 0.3) is 0 Å². The first-order valence-electron chi connectivity index (χ1n) is 6.42. The highest BCUT2D eigenvalue weighted by atomic mass is 35.5. The number of benzene rings is 1. The molecule has 0 saturated carbocycles. The van der Waals surface area contributed by atoms with Crippen LogP contribution in [0.4, 0.5) is 0 Å². The number of rotatable bonds is 4. The van der Waals surface area contributed by atoms with Crippen molar-refractivity contribution >= 4 is 5.97 Å². The average Bonchev–Trinajstić information content (AvgIpc) is 2.38. The summed E-state index contributed by atoms with van der Waals surface area (Å²) in [4.78, 5) is 13.1. The van der Waals surface area contributed by atoms with Gasteiger partial charge in [-0.2, -0.15) is 0 Å². The first kappa shape index (κ1) is 15.8. The fourth-order valence-electron chi connectivity index (χ4n) is 2.20. The lowest BCUT2D eigenvalue weighted by Gasteiger charge is -2.26. The van der Waals surface area contributed by atoms with Crippen LogP contribution in [0.2, 0.25) is 0 Å². The van der Waals surface area contributed by atoms with Gasteiger partial charge in [-0.1, -0.05) is 18.2 Å². The maximum Gasteiger partial charge on any atom is 0.344 e. The SMILES string of the molecule is C[NH+]1CCCC(OC(=O)COc2ccccc2)C1.[Cl-]. The lowest BCUT2D eigenvalue weighted by molar-refractivity contribution is -0.888. The average molecular weight is 286 g/mol. The molecule has 1 heterocycles. The second-order valence-corrected chi connectivity index (χ2v) is 4.77. The summed E-state index contributed by atoms with van der Waals surface area (Å²) in [7, 11) is 2.13. The number of carbonyl (C=O) groups excluding carboxylic acids is 1. The predicted molar refractivity (Wildman–Crippen MR) is 67.7 cm³/mol. The van der Waals surface area contributed by atoms with Gasteiger partial charge < -0.3 is 26.8 Å². The van der Waals surface area contributed by atoms with E-state index in [1.54, 1.807) is 0 Å². The van der Waals surface area contributed by atoms with Crippen molar-refractivity contribution in [1.82, 2.24) is 0 Å². The van der Waals surface area contributed by atoms with Gasteiger partial charge in [0, 0.05) is 6.42 Å². The number of esters is 1. The Kier molecular flexibility index (Phi) is 6.67. The zero-order chi connectivity index (χ0) is 12.8. The van der Waals surface area contributed by atoms with Gasteiger partial charge in [0.1, 0.15) is 12.3 Å². The van der Waals surface area contributed by atoms with Gasteiger partial charge in [0.15, 0.2) is 12.7 Å². The molecule has 2 unspecified atom stereocenters. The molecule has 0 spiro atoms. The van der Waals surface area contributed by atoms with E-state index in [2.05, 4.69) is 7.05 Å². The van der Waals surface area contributed by atoms with Crippen LogP contribution < -0.4 is 22.0 Å². The van der Waals surface area contributed by atoms with Crippen molar-refractivity contribution in [3.05, 3.63) is 30.3 Å². The number of carbonyl (C=O) groups is 1. The Morgan fingerprint density at radius 1 is 1.37 bits per heavy atom. The van der Waals surface area contributed by atoms with Gasteiger partial charge >= 0.3 is 5.97 Å². The van der Waals surface area contributed by atoms with Crippen molar-refractivity contribution in [1.29, 1.82) is 0 Å². The number of para-hydroxylation sites is 1. The molecule has 1 aromatic rings. The summed E-state index contributed by atoms with van der Waals surface area (Å²) in [5.41, 5.74) is 0. The van der Waals surface area contributed by atoms with Gasteiger partial charge in [-0.3, -0.25) is 0 Å². The molecule has 1 aliphatic rings. The second-order valence-electron chi connectivity index (χ2n) is 4.77. The van der Waals surface area contributed by atoms with Gasteiger partial charge in [-0.25, -0.2) is 4.79 Å². The molecule has 1 fully saturated rings. The molecule has 2 atom stereocenters. The van der Waals surface area contributed by atoms with E-state index in [4.69, 9.17) is 9.47 Å². The first-order chi connectivity index (χ1) is 8.74. The van der Waals surface area contributed by atoms with E-state index in [9.17, 15) is 4.79 Å². The molecule has 1 aromatic carbocycles. The number of halogens is 1. The zero-order valence-corrected chi connectivity index (χ0v) is 11.9. The van der Waals surface area contributed by atoms with Crippen LogP contribution in [0.5, 0.6) is 5.75 Å². The Hall–Kier alpha value is -1.26. The minimum absolute atomic E-state index is 0. The van der Waals surface area contributed by atoms with Crippen molar-refractivity contribution in [2.45, 2.75) is 18.9 Å². The minimum atomic E-state index is -0.279. The Balaban J connectivity index is 0.00000180. The van der Waals surface area contributed by atoms with Gasteiger partial charge in [0.2, 0.25) is 0 Å². The van der Waals surface area contributed by atoms with Crippen molar-refractivity contribution in [2.24, 2.45) is 0 Å². The Bertz CT molecular complexity index is 386. The van der Waals surface area contributed by atoms with E-state index in [1.807, 2.05) is 30.3 Å². The molecule has 0 bridgehead atoms. The van der Waals surface area contributed by atoms with Gasteiger partial charge in [-0.15, -0.1) is 0 Å². The van der Waals surface area contributed by atoms with E-state index < -0.39 is 0 Å². The van der Waals surface area contributed by atoms with Crippen molar-refractivity contribution < 1.29 is 31.6 Å². The first-order valence-corrected chi connectivity index (χ1v) is 6.42. The van der Waals surface area contributed by atoms with Crippen LogP contribution in [-0.2, 0) is 9.53 Å². The van der Waals surface area contributed by atoms with Gasteiger partial charge in [0.05, 0.1) is 13.6 Å². The third-order valence-corrected chi connectivity index (χ3v) is 3.10. The molecule has 19 heavy (non-hydrogen) atoms. The van der Waals surface area contributed by atoms with E-state index >= 15 is 0 Å². The summed E-state index contributed by atoms with van der Waals surface area (Å²) < 4.78 is 10.8. The number of nitrogens with one attached hydrogen (secondary N) is 1. The summed E-state index contributed by atoms with van der Waals surface area (Å²) >= 11 is 0. The quantitative estimate of drug-likeness (QED) is 0.612. The number of ether oxygens (including phenoxy) is 2. The molecule has 0 aliphatic carbocycles. The van der Waals surface area contributed by atoms with E-state index in [0.29, 0.717) is 5.75 Å². The highest BCUT2D eigenvalue weighted by molar-refractivity contribution is 5.71. The molecule has 0 aromatic heterocycles. The Morgan fingerprint density at radius 2 is 2.11 bits per heavy atom. The molecule has 4 nitrogen and oxygen atoms in total. The molecular formula is C14H20ClNO3. The Labute approximate surface area is 120 Å². The number of quaternary nitrogens is 1. The number of likely N-dealkylation sites (N-methyl/N-ethyl adjacent to an activating group) is 1. The largest absolute Gasteiger partial charge is 1.00 e. The lowest BCUT2D eigenvalue weighted by atomic mass is 10.1. The molecule has 1 aliphatic heterocycles. The topological polar surface area (TPSA) is 40.0 Å². The standard InChI is InChI=1S/C14H19NO3.ClH/c1-15-9-5-8-13(10-15)18-14(16)11-17-12-6-3-2-4-7-12;/h2-4,6-7,13H,5,8-11H2,1H3;1H. The smallest absolute Gasteiger partial charge is 0.344 e. The van der Waals surface area contributed by atoms with E-state index in [1.165, 1.54) is 4.90 Å².